The Labute approximate surface area is 196 Å². The zero-order chi connectivity index (χ0) is 23.4. The van der Waals surface area contributed by atoms with Crippen molar-refractivity contribution in [2.75, 3.05) is 13.2 Å². The molecule has 1 aliphatic rings. The topological polar surface area (TPSA) is 71.5 Å². The average molecular weight is 468 g/mol. The van der Waals surface area contributed by atoms with Gasteiger partial charge in [0, 0.05) is 31.5 Å². The van der Waals surface area contributed by atoms with E-state index in [-0.39, 0.29) is 24.6 Å². The number of aryl methyl sites for hydroxylation is 1. The fraction of sp³-hybridized carbons (Fsp3) is 0.240. The van der Waals surface area contributed by atoms with E-state index in [4.69, 9.17) is 16.3 Å². The summed E-state index contributed by atoms with van der Waals surface area (Å²) < 4.78 is 19.5. The van der Waals surface area contributed by atoms with Crippen molar-refractivity contribution in [1.29, 1.82) is 0 Å². The Kier molecular flexibility index (Phi) is 6.89. The number of fused-ring (bicyclic) bond motifs is 1. The van der Waals surface area contributed by atoms with E-state index in [2.05, 4.69) is 10.3 Å². The molecule has 1 aliphatic heterocycles. The lowest BCUT2D eigenvalue weighted by Gasteiger charge is -2.30. The van der Waals surface area contributed by atoms with Gasteiger partial charge < -0.3 is 15.0 Å². The number of nitrogens with zero attached hydrogens (tertiary/aromatic N) is 2. The van der Waals surface area contributed by atoms with E-state index in [9.17, 15) is 14.0 Å². The molecule has 33 heavy (non-hydrogen) atoms. The van der Waals surface area contributed by atoms with Gasteiger partial charge in [-0.25, -0.2) is 4.39 Å². The molecule has 6 nitrogen and oxygen atoms in total. The number of halogens is 2. The lowest BCUT2D eigenvalue weighted by molar-refractivity contribution is -0.134. The normalized spacial score (nSPS) is 12.8. The second-order valence-corrected chi connectivity index (χ2v) is 8.18. The molecule has 0 spiro atoms. The number of carbonyl (C=O) groups excluding carboxylic acids is 2. The first-order valence-corrected chi connectivity index (χ1v) is 11.0. The number of aromatic nitrogens is 1. The largest absolute Gasteiger partial charge is 0.482 e. The van der Waals surface area contributed by atoms with Crippen molar-refractivity contribution in [2.45, 2.75) is 26.4 Å². The number of nitrogens with one attached hydrogen (secondary N) is 1. The molecule has 0 saturated heterocycles. The van der Waals surface area contributed by atoms with Gasteiger partial charge in [-0.1, -0.05) is 35.9 Å². The number of ether oxygens (including phenoxy) is 1. The van der Waals surface area contributed by atoms with Crippen molar-refractivity contribution in [3.05, 3.63) is 93.5 Å². The molecule has 0 aliphatic carbocycles. The number of benzene rings is 2. The Morgan fingerprint density at radius 1 is 1.18 bits per heavy atom. The van der Waals surface area contributed by atoms with Crippen LogP contribution in [0.25, 0.3) is 0 Å². The van der Waals surface area contributed by atoms with Crippen LogP contribution in [-0.2, 0) is 24.3 Å². The minimum Gasteiger partial charge on any atom is -0.482 e. The summed E-state index contributed by atoms with van der Waals surface area (Å²) in [6.07, 6.45) is 2.39. The summed E-state index contributed by atoms with van der Waals surface area (Å²) in [5.41, 5.74) is 3.68. The van der Waals surface area contributed by atoms with Crippen molar-refractivity contribution in [3.8, 4) is 5.75 Å². The third-order valence-corrected chi connectivity index (χ3v) is 5.99. The number of para-hydroxylation sites is 1. The maximum absolute atomic E-state index is 13.9. The van der Waals surface area contributed by atoms with E-state index in [1.807, 2.05) is 6.92 Å². The molecule has 0 unspecified atom stereocenters. The lowest BCUT2D eigenvalue weighted by atomic mass is 9.94. The van der Waals surface area contributed by atoms with Crippen molar-refractivity contribution in [3.63, 3.8) is 0 Å². The first-order chi connectivity index (χ1) is 15.9. The molecule has 1 aromatic heterocycles. The summed E-state index contributed by atoms with van der Waals surface area (Å²) in [5, 5.41) is 3.25. The van der Waals surface area contributed by atoms with Crippen LogP contribution in [-0.4, -0.2) is 34.8 Å². The molecule has 2 heterocycles. The molecule has 2 amide bonds. The van der Waals surface area contributed by atoms with Gasteiger partial charge in [0.2, 0.25) is 0 Å². The van der Waals surface area contributed by atoms with Gasteiger partial charge in [-0.15, -0.1) is 0 Å². The number of hydrogen-bond donors (Lipinski definition) is 1. The van der Waals surface area contributed by atoms with Crippen molar-refractivity contribution in [1.82, 2.24) is 15.2 Å². The number of pyridine rings is 1. The Morgan fingerprint density at radius 2 is 1.94 bits per heavy atom. The third-order valence-electron chi connectivity index (χ3n) is 5.68. The molecule has 1 N–H and O–H groups in total. The van der Waals surface area contributed by atoms with Crippen LogP contribution in [0.5, 0.6) is 5.75 Å². The average Bonchev–Trinajstić information content (AvgIpc) is 2.82. The van der Waals surface area contributed by atoms with Crippen LogP contribution in [0.1, 0.15) is 32.7 Å². The highest BCUT2D eigenvalue weighted by atomic mass is 35.5. The van der Waals surface area contributed by atoms with E-state index >= 15 is 0 Å². The van der Waals surface area contributed by atoms with Crippen LogP contribution >= 0.6 is 11.6 Å². The highest BCUT2D eigenvalue weighted by molar-refractivity contribution is 6.32. The number of rotatable bonds is 6. The predicted octanol–water partition coefficient (Wildman–Crippen LogP) is 4.08. The molecule has 170 valence electrons. The molecule has 3 aromatic rings. The van der Waals surface area contributed by atoms with Gasteiger partial charge in [-0.2, -0.15) is 0 Å². The van der Waals surface area contributed by atoms with Crippen LogP contribution in [0.3, 0.4) is 0 Å². The lowest BCUT2D eigenvalue weighted by Crippen LogP contribution is -2.39. The van der Waals surface area contributed by atoms with E-state index in [1.165, 1.54) is 12.1 Å². The molecule has 0 bridgehead atoms. The van der Waals surface area contributed by atoms with Gasteiger partial charge in [0.25, 0.3) is 11.8 Å². The highest BCUT2D eigenvalue weighted by Gasteiger charge is 2.24. The zero-order valence-corrected chi connectivity index (χ0v) is 18.9. The standard InChI is InChI=1S/C25H23ClFN3O3/c1-16-20(13-29-25(32)19-6-2-4-8-22(19)27)18-10-11-30(14-17(18)12-28-16)24(31)15-33-23-9-5-3-7-21(23)26/h2-9,12H,10-11,13-15H2,1H3,(H,29,32). The van der Waals surface area contributed by atoms with Crippen LogP contribution in [0.4, 0.5) is 4.39 Å². The summed E-state index contributed by atoms with van der Waals surface area (Å²) in [6, 6.07) is 12.9. The minimum absolute atomic E-state index is 0.00297. The van der Waals surface area contributed by atoms with E-state index in [0.29, 0.717) is 30.3 Å². The van der Waals surface area contributed by atoms with Crippen LogP contribution in [0, 0.1) is 12.7 Å². The van der Waals surface area contributed by atoms with Crippen molar-refractivity contribution < 1.29 is 18.7 Å². The fourth-order valence-electron chi connectivity index (χ4n) is 3.87. The number of hydrogen-bond acceptors (Lipinski definition) is 4. The predicted molar refractivity (Wildman–Crippen MR) is 123 cm³/mol. The fourth-order valence-corrected chi connectivity index (χ4v) is 4.06. The number of amides is 2. The minimum atomic E-state index is -0.562. The molecule has 4 rings (SSSR count). The first-order valence-electron chi connectivity index (χ1n) is 10.6. The molecule has 8 heteroatoms. The van der Waals surface area contributed by atoms with Gasteiger partial charge in [0.1, 0.15) is 11.6 Å². The highest BCUT2D eigenvalue weighted by Crippen LogP contribution is 2.26. The van der Waals surface area contributed by atoms with Crippen LogP contribution < -0.4 is 10.1 Å². The number of carbonyl (C=O) groups is 2. The monoisotopic (exact) mass is 467 g/mol. The van der Waals surface area contributed by atoms with Crippen LogP contribution in [0.15, 0.2) is 54.7 Å². The Hall–Kier alpha value is -3.45. The Balaban J connectivity index is 1.42. The Morgan fingerprint density at radius 3 is 2.73 bits per heavy atom. The molecule has 0 saturated carbocycles. The summed E-state index contributed by atoms with van der Waals surface area (Å²) in [6.45, 7) is 2.93. The van der Waals surface area contributed by atoms with Gasteiger partial charge in [0.15, 0.2) is 6.61 Å². The Bertz CT molecular complexity index is 1200. The van der Waals surface area contributed by atoms with Gasteiger partial charge in [-0.3, -0.25) is 14.6 Å². The van der Waals surface area contributed by atoms with E-state index in [1.54, 1.807) is 47.5 Å². The third kappa shape index (κ3) is 5.14. The quantitative estimate of drug-likeness (QED) is 0.593. The van der Waals surface area contributed by atoms with Gasteiger partial charge >= 0.3 is 0 Å². The molecule has 2 aromatic carbocycles. The summed E-state index contributed by atoms with van der Waals surface area (Å²) in [4.78, 5) is 31.3. The molecule has 0 atom stereocenters. The molecular weight excluding hydrogens is 445 g/mol. The second kappa shape index (κ2) is 10.0. The SMILES string of the molecule is Cc1ncc2c(c1CNC(=O)c1ccccc1F)CCN(C(=O)COc1ccccc1Cl)C2. The zero-order valence-electron chi connectivity index (χ0n) is 18.1. The second-order valence-electron chi connectivity index (χ2n) is 7.77. The van der Waals surface area contributed by atoms with Gasteiger partial charge in [0.05, 0.1) is 10.6 Å². The molecular formula is C25H23ClFN3O3. The van der Waals surface area contributed by atoms with E-state index < -0.39 is 11.7 Å². The first kappa shape index (κ1) is 22.7. The smallest absolute Gasteiger partial charge is 0.260 e. The van der Waals surface area contributed by atoms with E-state index in [0.717, 1.165) is 22.4 Å². The molecule has 0 radical (unpaired) electrons. The maximum Gasteiger partial charge on any atom is 0.260 e. The maximum atomic E-state index is 13.9. The van der Waals surface area contributed by atoms with Crippen molar-refractivity contribution >= 4 is 23.4 Å². The molecule has 0 fully saturated rings. The van der Waals surface area contributed by atoms with Crippen molar-refractivity contribution in [2.24, 2.45) is 0 Å². The summed E-state index contributed by atoms with van der Waals surface area (Å²) in [5.74, 6) is -0.715. The summed E-state index contributed by atoms with van der Waals surface area (Å²) in [7, 11) is 0. The summed E-state index contributed by atoms with van der Waals surface area (Å²) >= 11 is 6.08. The van der Waals surface area contributed by atoms with Gasteiger partial charge in [-0.05, 0) is 54.3 Å². The van der Waals surface area contributed by atoms with Crippen LogP contribution in [0.2, 0.25) is 5.02 Å².